The Kier molecular flexibility index (Phi) is 3.72. The fourth-order valence-corrected chi connectivity index (χ4v) is 5.75. The van der Waals surface area contributed by atoms with Gasteiger partial charge in [0.15, 0.2) is 11.5 Å². The second-order valence-electron chi connectivity index (χ2n) is 8.59. The first kappa shape index (κ1) is 17.8. The fourth-order valence-electron chi connectivity index (χ4n) is 5.75. The van der Waals surface area contributed by atoms with E-state index in [1.54, 1.807) is 12.1 Å². The van der Waals surface area contributed by atoms with Gasteiger partial charge in [-0.15, -0.1) is 0 Å². The highest BCUT2D eigenvalue weighted by Crippen LogP contribution is 2.51. The largest absolute Gasteiger partial charge is 0.343 e. The first-order chi connectivity index (χ1) is 14.6. The average molecular weight is 402 g/mol. The summed E-state index contributed by atoms with van der Waals surface area (Å²) in [6.45, 7) is 1.07. The Balaban J connectivity index is 1.33. The summed E-state index contributed by atoms with van der Waals surface area (Å²) in [4.78, 5) is 42.1. The summed E-state index contributed by atoms with van der Waals surface area (Å²) in [5, 5.41) is 0. The number of amides is 2. The molecule has 4 aliphatic rings. The van der Waals surface area contributed by atoms with Gasteiger partial charge in [0.05, 0.1) is 19.0 Å². The van der Waals surface area contributed by atoms with Gasteiger partial charge in [0.25, 0.3) is 5.91 Å². The molecule has 0 bridgehead atoms. The van der Waals surface area contributed by atoms with Crippen LogP contribution in [0.1, 0.15) is 57.2 Å². The molecule has 2 amide bonds. The van der Waals surface area contributed by atoms with Gasteiger partial charge in [-0.25, -0.2) is 0 Å². The lowest BCUT2D eigenvalue weighted by molar-refractivity contribution is -0.138. The minimum Gasteiger partial charge on any atom is -0.343 e. The molecular weight excluding hydrogens is 380 g/mol. The summed E-state index contributed by atoms with van der Waals surface area (Å²) in [5.41, 5.74) is 2.43. The van der Waals surface area contributed by atoms with Crippen LogP contribution in [0.5, 0.6) is 0 Å². The van der Waals surface area contributed by atoms with Crippen LogP contribution in [-0.4, -0.2) is 52.3 Å². The molecule has 6 rings (SSSR count). The molecular formula is C24H22N2O4. The number of fused-ring (bicyclic) bond motifs is 1. The molecule has 152 valence electrons. The van der Waals surface area contributed by atoms with Crippen molar-refractivity contribution in [2.24, 2.45) is 0 Å². The van der Waals surface area contributed by atoms with Crippen LogP contribution in [0.25, 0.3) is 0 Å². The van der Waals surface area contributed by atoms with E-state index >= 15 is 0 Å². The molecule has 1 spiro atoms. The maximum atomic E-state index is 13.5. The van der Waals surface area contributed by atoms with Crippen molar-refractivity contribution in [3.05, 3.63) is 70.8 Å². The van der Waals surface area contributed by atoms with Crippen molar-refractivity contribution in [2.75, 3.05) is 13.1 Å². The first-order valence-electron chi connectivity index (χ1n) is 10.6. The topological polar surface area (TPSA) is 66.9 Å². The van der Waals surface area contributed by atoms with Crippen LogP contribution in [0.3, 0.4) is 0 Å². The maximum absolute atomic E-state index is 13.5. The molecule has 6 nitrogen and oxygen atoms in total. The van der Waals surface area contributed by atoms with E-state index < -0.39 is 5.72 Å². The molecule has 0 N–H and O–H groups in total. The van der Waals surface area contributed by atoms with Gasteiger partial charge >= 0.3 is 0 Å². The van der Waals surface area contributed by atoms with Crippen molar-refractivity contribution >= 4 is 17.6 Å². The molecule has 3 aliphatic heterocycles. The summed E-state index contributed by atoms with van der Waals surface area (Å²) in [6.07, 6.45) is 1.80. The van der Waals surface area contributed by atoms with Gasteiger partial charge in [0.1, 0.15) is 6.10 Å². The maximum Gasteiger partial charge on any atom is 0.254 e. The average Bonchev–Trinajstić information content (AvgIpc) is 3.49. The van der Waals surface area contributed by atoms with Gasteiger partial charge in [-0.2, -0.15) is 0 Å². The molecule has 1 aliphatic carbocycles. The van der Waals surface area contributed by atoms with Gasteiger partial charge in [-0.05, 0) is 23.6 Å². The van der Waals surface area contributed by atoms with E-state index in [9.17, 15) is 14.4 Å². The summed E-state index contributed by atoms with van der Waals surface area (Å²) in [6, 6.07) is 15.0. The third-order valence-electron chi connectivity index (χ3n) is 7.17. The van der Waals surface area contributed by atoms with Crippen LogP contribution in [-0.2, 0) is 16.0 Å². The van der Waals surface area contributed by atoms with E-state index in [1.165, 1.54) is 0 Å². The van der Waals surface area contributed by atoms with Crippen molar-refractivity contribution in [2.45, 2.75) is 43.6 Å². The van der Waals surface area contributed by atoms with Crippen molar-refractivity contribution in [1.82, 2.24) is 9.80 Å². The molecule has 3 saturated heterocycles. The molecule has 30 heavy (non-hydrogen) atoms. The fraction of sp³-hybridized carbons (Fsp3) is 0.375. The normalized spacial score (nSPS) is 29.3. The molecule has 0 radical (unpaired) electrons. The van der Waals surface area contributed by atoms with Crippen LogP contribution in [0, 0.1) is 0 Å². The Hall–Kier alpha value is -2.99. The zero-order valence-corrected chi connectivity index (χ0v) is 16.5. The zero-order valence-electron chi connectivity index (χ0n) is 16.5. The van der Waals surface area contributed by atoms with Crippen LogP contribution in [0.15, 0.2) is 48.5 Å². The van der Waals surface area contributed by atoms with Crippen LogP contribution >= 0.6 is 0 Å². The second-order valence-corrected chi connectivity index (χ2v) is 8.59. The lowest BCUT2D eigenvalue weighted by Gasteiger charge is -2.32. The Morgan fingerprint density at radius 1 is 1.03 bits per heavy atom. The molecule has 3 heterocycles. The quantitative estimate of drug-likeness (QED) is 0.775. The number of likely N-dealkylation sites (tertiary alicyclic amines) is 1. The van der Waals surface area contributed by atoms with Gasteiger partial charge in [-0.3, -0.25) is 14.4 Å². The molecule has 0 aromatic heterocycles. The van der Waals surface area contributed by atoms with Gasteiger partial charge in [-0.1, -0.05) is 42.5 Å². The SMILES string of the molecule is O=C1CCc2c1cccc2C(=O)N1CC[C@@]23O[C@@H](c4ccccc4)CN2C(=O)C[C@@H]13. The number of nitrogens with zero attached hydrogens (tertiary/aromatic N) is 2. The minimum atomic E-state index is -0.735. The third kappa shape index (κ3) is 2.31. The highest BCUT2D eigenvalue weighted by molar-refractivity contribution is 6.06. The van der Waals surface area contributed by atoms with Crippen LogP contribution in [0.4, 0.5) is 0 Å². The lowest BCUT2D eigenvalue weighted by atomic mass is 10.0. The lowest BCUT2D eigenvalue weighted by Crippen LogP contribution is -2.48. The third-order valence-corrected chi connectivity index (χ3v) is 7.17. The molecule has 6 heteroatoms. The number of hydrogen-bond donors (Lipinski definition) is 0. The Labute approximate surface area is 174 Å². The minimum absolute atomic E-state index is 0.0457. The van der Waals surface area contributed by atoms with E-state index in [1.807, 2.05) is 46.2 Å². The number of hydrogen-bond acceptors (Lipinski definition) is 4. The van der Waals surface area contributed by atoms with Crippen LogP contribution < -0.4 is 0 Å². The number of carbonyl (C=O) groups excluding carboxylic acids is 3. The van der Waals surface area contributed by atoms with E-state index in [-0.39, 0.29) is 29.7 Å². The molecule has 0 unspecified atom stereocenters. The summed E-state index contributed by atoms with van der Waals surface area (Å²) < 4.78 is 6.54. The van der Waals surface area contributed by atoms with E-state index in [2.05, 4.69) is 0 Å². The number of ketones is 1. The summed E-state index contributed by atoms with van der Waals surface area (Å²) >= 11 is 0. The molecule has 2 aromatic carbocycles. The second kappa shape index (κ2) is 6.25. The number of carbonyl (C=O) groups is 3. The Morgan fingerprint density at radius 3 is 2.70 bits per heavy atom. The standard InChI is InChI=1S/C24H22N2O4/c27-19-10-9-16-17(19)7-4-8-18(16)23(29)25-12-11-24-21(25)13-22(28)26(24)14-20(30-24)15-5-2-1-3-6-15/h1-8,20-21H,9-14H2/t20-,21-,24+/m1/s1. The molecule has 2 aromatic rings. The van der Waals surface area contributed by atoms with E-state index in [4.69, 9.17) is 4.74 Å². The van der Waals surface area contributed by atoms with Crippen molar-refractivity contribution < 1.29 is 19.1 Å². The molecule has 0 saturated carbocycles. The van der Waals surface area contributed by atoms with Crippen molar-refractivity contribution in [3.63, 3.8) is 0 Å². The number of Topliss-reactive ketones (excluding diaryl/α,β-unsaturated/α-hetero) is 1. The number of ether oxygens (including phenoxy) is 1. The molecule has 3 fully saturated rings. The zero-order chi connectivity index (χ0) is 20.5. The van der Waals surface area contributed by atoms with E-state index in [0.717, 1.165) is 11.1 Å². The summed E-state index contributed by atoms with van der Waals surface area (Å²) in [5.74, 6) is 0.0545. The Morgan fingerprint density at radius 2 is 1.87 bits per heavy atom. The predicted molar refractivity (Wildman–Crippen MR) is 108 cm³/mol. The summed E-state index contributed by atoms with van der Waals surface area (Å²) in [7, 11) is 0. The predicted octanol–water partition coefficient (Wildman–Crippen LogP) is 2.73. The highest BCUT2D eigenvalue weighted by Gasteiger charge is 2.65. The number of benzene rings is 2. The van der Waals surface area contributed by atoms with Crippen molar-refractivity contribution in [1.29, 1.82) is 0 Å². The van der Waals surface area contributed by atoms with Crippen molar-refractivity contribution in [3.8, 4) is 0 Å². The van der Waals surface area contributed by atoms with Crippen LogP contribution in [0.2, 0.25) is 0 Å². The highest BCUT2D eigenvalue weighted by atomic mass is 16.5. The van der Waals surface area contributed by atoms with Gasteiger partial charge in [0.2, 0.25) is 5.91 Å². The molecule has 3 atom stereocenters. The smallest absolute Gasteiger partial charge is 0.254 e. The number of rotatable bonds is 2. The van der Waals surface area contributed by atoms with Gasteiger partial charge in [0, 0.05) is 30.5 Å². The first-order valence-corrected chi connectivity index (χ1v) is 10.6. The monoisotopic (exact) mass is 402 g/mol. The Bertz CT molecular complexity index is 1080. The van der Waals surface area contributed by atoms with Gasteiger partial charge < -0.3 is 14.5 Å². The van der Waals surface area contributed by atoms with E-state index in [0.29, 0.717) is 49.9 Å².